The van der Waals surface area contributed by atoms with Crippen molar-refractivity contribution in [1.29, 1.82) is 0 Å². The van der Waals surface area contributed by atoms with Gasteiger partial charge in [-0.25, -0.2) is 18.1 Å². The van der Waals surface area contributed by atoms with Crippen molar-refractivity contribution in [2.45, 2.75) is 31.2 Å². The fourth-order valence-corrected chi connectivity index (χ4v) is 3.22. The quantitative estimate of drug-likeness (QED) is 0.901. The third kappa shape index (κ3) is 3.99. The molecule has 0 fully saturated rings. The summed E-state index contributed by atoms with van der Waals surface area (Å²) in [6.07, 6.45) is 4.48. The maximum Gasteiger partial charge on any atom is 0.242 e. The fraction of sp³-hybridized carbons (Fsp3) is 0.286. The standard InChI is InChI=1S/C14H18N4O2S/c1-14(2,3)18-21(19,20)12-6-11(8-16-9-12)10-4-5-17-13(15)7-10/h4-9,18H,1-3H3,(H2,15,17). The summed E-state index contributed by atoms with van der Waals surface area (Å²) in [5, 5.41) is 0. The van der Waals surface area contributed by atoms with E-state index in [4.69, 9.17) is 5.73 Å². The van der Waals surface area contributed by atoms with Crippen molar-refractivity contribution in [2.24, 2.45) is 0 Å². The summed E-state index contributed by atoms with van der Waals surface area (Å²) in [6, 6.07) is 4.99. The molecule has 6 nitrogen and oxygen atoms in total. The Hall–Kier alpha value is -1.99. The first-order chi connectivity index (χ1) is 9.67. The van der Waals surface area contributed by atoms with Gasteiger partial charge in [-0.15, -0.1) is 0 Å². The Morgan fingerprint density at radius 1 is 1.14 bits per heavy atom. The number of sulfonamides is 1. The van der Waals surface area contributed by atoms with Gasteiger partial charge in [-0.3, -0.25) is 4.98 Å². The average Bonchev–Trinajstić information content (AvgIpc) is 2.36. The summed E-state index contributed by atoms with van der Waals surface area (Å²) in [4.78, 5) is 8.03. The lowest BCUT2D eigenvalue weighted by atomic mass is 10.1. The number of nitrogens with zero attached hydrogens (tertiary/aromatic N) is 2. The zero-order chi connectivity index (χ0) is 15.7. The molecule has 0 aliphatic carbocycles. The molecule has 0 radical (unpaired) electrons. The normalized spacial score (nSPS) is 12.3. The molecule has 0 aromatic carbocycles. The second-order valence-corrected chi connectivity index (χ2v) is 7.42. The van der Waals surface area contributed by atoms with Crippen LogP contribution in [-0.4, -0.2) is 23.9 Å². The molecule has 0 aliphatic rings. The van der Waals surface area contributed by atoms with Crippen molar-refractivity contribution in [1.82, 2.24) is 14.7 Å². The van der Waals surface area contributed by atoms with Crippen molar-refractivity contribution < 1.29 is 8.42 Å². The van der Waals surface area contributed by atoms with Gasteiger partial charge in [-0.1, -0.05) is 0 Å². The molecule has 0 spiro atoms. The Labute approximate surface area is 124 Å². The van der Waals surface area contributed by atoms with Crippen LogP contribution < -0.4 is 10.5 Å². The van der Waals surface area contributed by atoms with E-state index in [1.807, 2.05) is 0 Å². The second-order valence-electron chi connectivity index (χ2n) is 5.73. The van der Waals surface area contributed by atoms with E-state index in [2.05, 4.69) is 14.7 Å². The SMILES string of the molecule is CC(C)(C)NS(=O)(=O)c1cncc(-c2ccnc(N)c2)c1. The monoisotopic (exact) mass is 306 g/mol. The molecule has 0 bridgehead atoms. The number of hydrogen-bond donors (Lipinski definition) is 2. The van der Waals surface area contributed by atoms with E-state index in [1.165, 1.54) is 6.20 Å². The Kier molecular flexibility index (Phi) is 3.97. The lowest BCUT2D eigenvalue weighted by Crippen LogP contribution is -2.40. The lowest BCUT2D eigenvalue weighted by Gasteiger charge is -2.20. The summed E-state index contributed by atoms with van der Waals surface area (Å²) in [7, 11) is -3.62. The van der Waals surface area contributed by atoms with Crippen LogP contribution in [0.4, 0.5) is 5.82 Å². The molecular formula is C14H18N4O2S. The zero-order valence-corrected chi connectivity index (χ0v) is 13.0. The van der Waals surface area contributed by atoms with E-state index in [1.54, 1.807) is 51.4 Å². The van der Waals surface area contributed by atoms with Gasteiger partial charge in [-0.2, -0.15) is 0 Å². The van der Waals surface area contributed by atoms with Gasteiger partial charge in [0, 0.05) is 29.7 Å². The van der Waals surface area contributed by atoms with Crippen LogP contribution in [0.1, 0.15) is 20.8 Å². The van der Waals surface area contributed by atoms with E-state index in [9.17, 15) is 8.42 Å². The summed E-state index contributed by atoms with van der Waals surface area (Å²) < 4.78 is 27.2. The maximum absolute atomic E-state index is 12.3. The molecule has 2 rings (SSSR count). The van der Waals surface area contributed by atoms with Crippen molar-refractivity contribution in [3.8, 4) is 11.1 Å². The minimum Gasteiger partial charge on any atom is -0.384 e. The van der Waals surface area contributed by atoms with Gasteiger partial charge < -0.3 is 5.73 Å². The van der Waals surface area contributed by atoms with Crippen molar-refractivity contribution in [3.05, 3.63) is 36.8 Å². The van der Waals surface area contributed by atoms with Crippen LogP contribution in [0, 0.1) is 0 Å². The Balaban J connectivity index is 2.43. The Morgan fingerprint density at radius 2 is 1.86 bits per heavy atom. The average molecular weight is 306 g/mol. The highest BCUT2D eigenvalue weighted by Crippen LogP contribution is 2.22. The molecule has 0 saturated carbocycles. The third-order valence-corrected chi connectivity index (χ3v) is 4.30. The van der Waals surface area contributed by atoms with Gasteiger partial charge >= 0.3 is 0 Å². The molecule has 3 N–H and O–H groups in total. The van der Waals surface area contributed by atoms with Crippen LogP contribution in [0.3, 0.4) is 0 Å². The topological polar surface area (TPSA) is 98.0 Å². The molecule has 2 aromatic rings. The van der Waals surface area contributed by atoms with Gasteiger partial charge in [0.25, 0.3) is 0 Å². The van der Waals surface area contributed by atoms with Crippen LogP contribution in [0.5, 0.6) is 0 Å². The van der Waals surface area contributed by atoms with Crippen LogP contribution in [-0.2, 0) is 10.0 Å². The van der Waals surface area contributed by atoms with Gasteiger partial charge in [0.2, 0.25) is 10.0 Å². The maximum atomic E-state index is 12.3. The summed E-state index contributed by atoms with van der Waals surface area (Å²) >= 11 is 0. The molecule has 112 valence electrons. The number of nitrogens with two attached hydrogens (primary N) is 1. The highest BCUT2D eigenvalue weighted by Gasteiger charge is 2.22. The molecular weight excluding hydrogens is 288 g/mol. The molecule has 2 heterocycles. The van der Waals surface area contributed by atoms with E-state index >= 15 is 0 Å². The molecule has 21 heavy (non-hydrogen) atoms. The minimum atomic E-state index is -3.62. The van der Waals surface area contributed by atoms with Crippen molar-refractivity contribution in [2.75, 3.05) is 5.73 Å². The summed E-state index contributed by atoms with van der Waals surface area (Å²) in [6.45, 7) is 5.35. The fourth-order valence-electron chi connectivity index (χ4n) is 1.81. The van der Waals surface area contributed by atoms with Crippen LogP contribution >= 0.6 is 0 Å². The number of hydrogen-bond acceptors (Lipinski definition) is 5. The number of nitrogen functional groups attached to an aromatic ring is 1. The smallest absolute Gasteiger partial charge is 0.242 e. The van der Waals surface area contributed by atoms with Gasteiger partial charge in [0.05, 0.1) is 0 Å². The Bertz CT molecular complexity index is 752. The second kappa shape index (κ2) is 5.42. The van der Waals surface area contributed by atoms with Crippen LogP contribution in [0.25, 0.3) is 11.1 Å². The van der Waals surface area contributed by atoms with Gasteiger partial charge in [0.1, 0.15) is 10.7 Å². The van der Waals surface area contributed by atoms with Gasteiger partial charge in [0.15, 0.2) is 0 Å². The summed E-state index contributed by atoms with van der Waals surface area (Å²) in [5.41, 5.74) is 6.52. The predicted molar refractivity (Wildman–Crippen MR) is 82.0 cm³/mol. The predicted octanol–water partition coefficient (Wildman–Crippen LogP) is 1.80. The number of aromatic nitrogens is 2. The highest BCUT2D eigenvalue weighted by molar-refractivity contribution is 7.89. The van der Waals surface area contributed by atoms with E-state index in [-0.39, 0.29) is 4.90 Å². The minimum absolute atomic E-state index is 0.116. The molecule has 0 atom stereocenters. The number of rotatable bonds is 3. The van der Waals surface area contributed by atoms with Crippen LogP contribution in [0.15, 0.2) is 41.7 Å². The largest absolute Gasteiger partial charge is 0.384 e. The molecule has 2 aromatic heterocycles. The highest BCUT2D eigenvalue weighted by atomic mass is 32.2. The van der Waals surface area contributed by atoms with Crippen molar-refractivity contribution >= 4 is 15.8 Å². The first-order valence-electron chi connectivity index (χ1n) is 6.38. The lowest BCUT2D eigenvalue weighted by molar-refractivity contribution is 0.491. The Morgan fingerprint density at radius 3 is 2.48 bits per heavy atom. The number of pyridine rings is 2. The van der Waals surface area contributed by atoms with E-state index < -0.39 is 15.6 Å². The first-order valence-corrected chi connectivity index (χ1v) is 7.87. The number of nitrogens with one attached hydrogen (secondary N) is 1. The van der Waals surface area contributed by atoms with Crippen molar-refractivity contribution in [3.63, 3.8) is 0 Å². The molecule has 0 saturated heterocycles. The van der Waals surface area contributed by atoms with E-state index in [0.717, 1.165) is 5.56 Å². The zero-order valence-electron chi connectivity index (χ0n) is 12.2. The van der Waals surface area contributed by atoms with Gasteiger partial charge in [-0.05, 0) is 44.5 Å². The van der Waals surface area contributed by atoms with Crippen LogP contribution in [0.2, 0.25) is 0 Å². The summed E-state index contributed by atoms with van der Waals surface area (Å²) in [5.74, 6) is 0.369. The third-order valence-electron chi connectivity index (χ3n) is 2.58. The molecule has 0 unspecified atom stereocenters. The molecule has 0 amide bonds. The first kappa shape index (κ1) is 15.4. The van der Waals surface area contributed by atoms with E-state index in [0.29, 0.717) is 11.4 Å². The number of anilines is 1. The molecule has 7 heteroatoms. The molecule has 0 aliphatic heterocycles.